The number of nitrogens with zero attached hydrogens (tertiary/aromatic N) is 1. The van der Waals surface area contributed by atoms with Crippen LogP contribution in [0.4, 0.5) is 0 Å². The Labute approximate surface area is 93.2 Å². The first-order valence-electron chi connectivity index (χ1n) is 4.97. The van der Waals surface area contributed by atoms with Crippen LogP contribution in [0, 0.1) is 22.0 Å². The smallest absolute Gasteiger partial charge is 0.236 e. The second-order valence-electron chi connectivity index (χ2n) is 3.22. The van der Waals surface area contributed by atoms with Crippen LogP contribution in [0.1, 0.15) is 31.0 Å². The summed E-state index contributed by atoms with van der Waals surface area (Å²) in [4.78, 5) is 9.60. The van der Waals surface area contributed by atoms with E-state index in [0.29, 0.717) is 12.2 Å². The lowest BCUT2D eigenvalue weighted by molar-refractivity contribution is -0.492. The van der Waals surface area contributed by atoms with Gasteiger partial charge in [0.25, 0.3) is 0 Å². The van der Waals surface area contributed by atoms with Gasteiger partial charge in [-0.05, 0) is 12.1 Å². The Morgan fingerprint density at radius 1 is 1.56 bits per heavy atom. The molecule has 5 nitrogen and oxygen atoms in total. The molecule has 0 aliphatic heterocycles. The molecular formula is C11H13NO4. The van der Waals surface area contributed by atoms with E-state index in [9.17, 15) is 15.2 Å². The molecule has 0 fully saturated rings. The van der Waals surface area contributed by atoms with Crippen molar-refractivity contribution < 1.29 is 14.4 Å². The van der Waals surface area contributed by atoms with Crippen LogP contribution in [-0.4, -0.2) is 16.6 Å². The van der Waals surface area contributed by atoms with E-state index in [1.807, 2.05) is 6.92 Å². The molecule has 1 N–H and O–H groups in total. The second-order valence-corrected chi connectivity index (χ2v) is 3.22. The maximum atomic E-state index is 10.2. The summed E-state index contributed by atoms with van der Waals surface area (Å²) in [5.74, 6) is 6.59. The molecule has 0 saturated heterocycles. The number of aliphatic hydroxyl groups excluding tert-OH is 1. The summed E-state index contributed by atoms with van der Waals surface area (Å²) in [5.41, 5.74) is 0. The molecule has 0 radical (unpaired) electrons. The highest BCUT2D eigenvalue weighted by Gasteiger charge is 2.17. The van der Waals surface area contributed by atoms with Crippen LogP contribution in [0.5, 0.6) is 0 Å². The van der Waals surface area contributed by atoms with E-state index in [4.69, 9.17) is 4.42 Å². The molecule has 1 atom stereocenters. The normalized spacial score (nSPS) is 11.6. The summed E-state index contributed by atoms with van der Waals surface area (Å²) >= 11 is 0. The van der Waals surface area contributed by atoms with Crippen LogP contribution >= 0.6 is 0 Å². The van der Waals surface area contributed by atoms with Crippen LogP contribution in [0.2, 0.25) is 0 Å². The maximum Gasteiger partial charge on any atom is 0.236 e. The second kappa shape index (κ2) is 5.93. The van der Waals surface area contributed by atoms with Crippen molar-refractivity contribution in [2.24, 2.45) is 0 Å². The van der Waals surface area contributed by atoms with E-state index < -0.39 is 17.6 Å². The van der Waals surface area contributed by atoms with Gasteiger partial charge in [0, 0.05) is 11.3 Å². The van der Waals surface area contributed by atoms with Crippen molar-refractivity contribution in [3.63, 3.8) is 0 Å². The van der Waals surface area contributed by atoms with E-state index in [1.165, 1.54) is 6.07 Å². The fourth-order valence-corrected chi connectivity index (χ4v) is 1.17. The number of aliphatic hydroxyl groups is 1. The fourth-order valence-electron chi connectivity index (χ4n) is 1.17. The fraction of sp³-hybridized carbons (Fsp3) is 0.455. The third kappa shape index (κ3) is 3.75. The van der Waals surface area contributed by atoms with Crippen molar-refractivity contribution in [2.45, 2.75) is 25.9 Å². The molecule has 16 heavy (non-hydrogen) atoms. The van der Waals surface area contributed by atoms with E-state index in [2.05, 4.69) is 11.8 Å². The summed E-state index contributed by atoms with van der Waals surface area (Å²) in [6.07, 6.45) is 0.0409. The lowest BCUT2D eigenvalue weighted by atomic mass is 10.3. The quantitative estimate of drug-likeness (QED) is 0.477. The predicted molar refractivity (Wildman–Crippen MR) is 57.3 cm³/mol. The van der Waals surface area contributed by atoms with Gasteiger partial charge in [0.05, 0.1) is 6.42 Å². The van der Waals surface area contributed by atoms with Gasteiger partial charge in [0.2, 0.25) is 6.54 Å². The molecular weight excluding hydrogens is 210 g/mol. The van der Waals surface area contributed by atoms with Crippen LogP contribution in [-0.2, 0) is 6.42 Å². The van der Waals surface area contributed by atoms with Crippen LogP contribution in [0.25, 0.3) is 0 Å². The van der Waals surface area contributed by atoms with Crippen molar-refractivity contribution >= 4 is 0 Å². The van der Waals surface area contributed by atoms with Gasteiger partial charge in [-0.3, -0.25) is 10.1 Å². The minimum Gasteiger partial charge on any atom is -0.462 e. The zero-order valence-corrected chi connectivity index (χ0v) is 8.97. The van der Waals surface area contributed by atoms with Crippen molar-refractivity contribution in [3.05, 3.63) is 33.8 Å². The molecule has 0 amide bonds. The van der Waals surface area contributed by atoms with E-state index in [1.54, 1.807) is 6.07 Å². The minimum absolute atomic E-state index is 0.213. The maximum absolute atomic E-state index is 10.2. The van der Waals surface area contributed by atoms with Crippen molar-refractivity contribution in [3.8, 4) is 11.8 Å². The minimum atomic E-state index is -1.19. The first-order valence-corrected chi connectivity index (χ1v) is 4.97. The van der Waals surface area contributed by atoms with Crippen molar-refractivity contribution in [1.82, 2.24) is 0 Å². The number of rotatable bonds is 4. The topological polar surface area (TPSA) is 76.5 Å². The summed E-state index contributed by atoms with van der Waals surface area (Å²) in [6, 6.07) is 3.21. The van der Waals surface area contributed by atoms with E-state index in [-0.39, 0.29) is 5.76 Å². The highest BCUT2D eigenvalue weighted by molar-refractivity contribution is 5.15. The average Bonchev–Trinajstić information content (AvgIpc) is 2.66. The van der Waals surface area contributed by atoms with Gasteiger partial charge in [-0.25, -0.2) is 0 Å². The predicted octanol–water partition coefficient (Wildman–Crippen LogP) is 1.55. The molecule has 0 aromatic carbocycles. The standard InChI is InChI=1S/C11H13NO4/c1-2-3-4-5-9-6-7-11(16-9)10(13)8-12(14)15/h6-7,10,13H,2,5,8H2,1H3/t10-/m0/s1. The lowest BCUT2D eigenvalue weighted by Crippen LogP contribution is -2.10. The van der Waals surface area contributed by atoms with Crippen LogP contribution in [0.15, 0.2) is 16.5 Å². The molecule has 1 aromatic rings. The SMILES string of the molecule is CCC#CCc1ccc([C@@H](O)C[N+](=O)[O-])o1. The number of nitro groups is 1. The van der Waals surface area contributed by atoms with Gasteiger partial charge < -0.3 is 9.52 Å². The van der Waals surface area contributed by atoms with E-state index in [0.717, 1.165) is 6.42 Å². The molecule has 5 heteroatoms. The summed E-state index contributed by atoms with van der Waals surface area (Å²) in [6.45, 7) is 1.40. The Morgan fingerprint density at radius 2 is 2.31 bits per heavy atom. The molecule has 0 bridgehead atoms. The first-order chi connectivity index (χ1) is 7.63. The molecule has 1 aromatic heterocycles. The number of hydrogen-bond donors (Lipinski definition) is 1. The van der Waals surface area contributed by atoms with Crippen LogP contribution in [0.3, 0.4) is 0 Å². The largest absolute Gasteiger partial charge is 0.462 e. The third-order valence-electron chi connectivity index (χ3n) is 1.90. The summed E-state index contributed by atoms with van der Waals surface area (Å²) in [5, 5.41) is 19.6. The Kier molecular flexibility index (Phi) is 4.55. The van der Waals surface area contributed by atoms with Crippen molar-refractivity contribution in [2.75, 3.05) is 6.54 Å². The highest BCUT2D eigenvalue weighted by atomic mass is 16.6. The Morgan fingerprint density at radius 3 is 2.94 bits per heavy atom. The Hall–Kier alpha value is -1.80. The highest BCUT2D eigenvalue weighted by Crippen LogP contribution is 2.16. The van der Waals surface area contributed by atoms with Crippen LogP contribution < -0.4 is 0 Å². The van der Waals surface area contributed by atoms with E-state index >= 15 is 0 Å². The summed E-state index contributed by atoms with van der Waals surface area (Å²) in [7, 11) is 0. The van der Waals surface area contributed by atoms with Gasteiger partial charge in [0.15, 0.2) is 6.10 Å². The molecule has 0 aliphatic carbocycles. The zero-order chi connectivity index (χ0) is 12.0. The van der Waals surface area contributed by atoms with Gasteiger partial charge in [-0.1, -0.05) is 12.8 Å². The molecule has 0 unspecified atom stereocenters. The van der Waals surface area contributed by atoms with Gasteiger partial charge in [-0.15, -0.1) is 5.92 Å². The van der Waals surface area contributed by atoms with Gasteiger partial charge >= 0.3 is 0 Å². The van der Waals surface area contributed by atoms with Gasteiger partial charge in [0.1, 0.15) is 11.5 Å². The number of furan rings is 1. The summed E-state index contributed by atoms with van der Waals surface area (Å²) < 4.78 is 5.24. The molecule has 0 saturated carbocycles. The zero-order valence-electron chi connectivity index (χ0n) is 8.97. The lowest BCUT2D eigenvalue weighted by Gasteiger charge is -2.00. The molecule has 0 spiro atoms. The van der Waals surface area contributed by atoms with Gasteiger partial charge in [-0.2, -0.15) is 0 Å². The molecule has 86 valence electrons. The number of hydrogen-bond acceptors (Lipinski definition) is 4. The Bertz CT molecular complexity index is 413. The third-order valence-corrected chi connectivity index (χ3v) is 1.90. The Balaban J connectivity index is 2.60. The first kappa shape index (κ1) is 12.3. The average molecular weight is 223 g/mol. The molecule has 0 aliphatic rings. The monoisotopic (exact) mass is 223 g/mol. The molecule has 1 rings (SSSR count). The molecule has 1 heterocycles. The van der Waals surface area contributed by atoms with Crippen molar-refractivity contribution in [1.29, 1.82) is 0 Å².